The number of anilines is 1. The van der Waals surface area contributed by atoms with Gasteiger partial charge in [0.25, 0.3) is 0 Å². The van der Waals surface area contributed by atoms with E-state index in [0.29, 0.717) is 31.9 Å². The molecule has 2 N–H and O–H groups in total. The maximum absolute atomic E-state index is 12.4. The lowest BCUT2D eigenvalue weighted by molar-refractivity contribution is -0.126. The van der Waals surface area contributed by atoms with Crippen molar-refractivity contribution in [1.82, 2.24) is 10.3 Å². The Morgan fingerprint density at radius 1 is 1.36 bits per heavy atom. The molecule has 0 saturated heterocycles. The van der Waals surface area contributed by atoms with E-state index in [9.17, 15) is 4.79 Å². The van der Waals surface area contributed by atoms with Crippen LogP contribution in [0.3, 0.4) is 0 Å². The Balaban J connectivity index is 1.48. The van der Waals surface area contributed by atoms with Crippen molar-refractivity contribution in [1.29, 1.82) is 0 Å². The van der Waals surface area contributed by atoms with Crippen LogP contribution in [-0.2, 0) is 11.2 Å². The highest BCUT2D eigenvalue weighted by Gasteiger charge is 2.27. The first-order chi connectivity index (χ1) is 12.2. The molecule has 1 aromatic carbocycles. The third kappa shape index (κ3) is 4.02. The number of rotatable bonds is 6. The van der Waals surface area contributed by atoms with Crippen LogP contribution in [0.15, 0.2) is 36.7 Å². The quantitative estimate of drug-likeness (QED) is 0.788. The first-order valence-electron chi connectivity index (χ1n) is 8.40. The lowest BCUT2D eigenvalue weighted by atomic mass is 9.95. The van der Waals surface area contributed by atoms with Gasteiger partial charge in [-0.3, -0.25) is 9.78 Å². The second-order valence-corrected chi connectivity index (χ2v) is 6.07. The second kappa shape index (κ2) is 7.88. The van der Waals surface area contributed by atoms with Crippen molar-refractivity contribution in [3.63, 3.8) is 0 Å². The highest BCUT2D eigenvalue weighted by atomic mass is 16.5. The molecule has 1 amide bonds. The summed E-state index contributed by atoms with van der Waals surface area (Å²) < 4.78 is 11.1. The number of methoxy groups -OCH3 is 1. The van der Waals surface area contributed by atoms with Gasteiger partial charge in [-0.1, -0.05) is 12.1 Å². The molecule has 3 rings (SSSR count). The number of pyridine rings is 1. The van der Waals surface area contributed by atoms with E-state index in [1.165, 1.54) is 0 Å². The van der Waals surface area contributed by atoms with Gasteiger partial charge in [-0.2, -0.15) is 0 Å². The summed E-state index contributed by atoms with van der Waals surface area (Å²) in [4.78, 5) is 16.4. The van der Waals surface area contributed by atoms with Crippen LogP contribution in [0.4, 0.5) is 5.69 Å². The molecular formula is C19H23N3O3. The number of hydrogen-bond acceptors (Lipinski definition) is 5. The highest BCUT2D eigenvalue weighted by molar-refractivity contribution is 5.79. The topological polar surface area (TPSA) is 72.5 Å². The summed E-state index contributed by atoms with van der Waals surface area (Å²) in [5.41, 5.74) is 3.13. The van der Waals surface area contributed by atoms with Gasteiger partial charge in [0.05, 0.1) is 13.0 Å². The molecule has 25 heavy (non-hydrogen) atoms. The molecule has 0 radical (unpaired) electrons. The fraction of sp³-hybridized carbons (Fsp3) is 0.368. The predicted molar refractivity (Wildman–Crippen MR) is 96.2 cm³/mol. The Hall–Kier alpha value is -2.76. The van der Waals surface area contributed by atoms with Crippen molar-refractivity contribution >= 4 is 11.6 Å². The molecule has 1 atom stereocenters. The van der Waals surface area contributed by atoms with Crippen LogP contribution in [0, 0.1) is 12.8 Å². The molecule has 6 heteroatoms. The van der Waals surface area contributed by atoms with Crippen LogP contribution in [0.5, 0.6) is 11.5 Å². The van der Waals surface area contributed by atoms with Crippen molar-refractivity contribution in [3.05, 3.63) is 47.8 Å². The molecule has 1 aliphatic heterocycles. The van der Waals surface area contributed by atoms with Gasteiger partial charge < -0.3 is 20.1 Å². The number of ether oxygens (including phenoxy) is 2. The molecule has 0 bridgehead atoms. The molecule has 2 aromatic rings. The maximum Gasteiger partial charge on any atom is 0.226 e. The molecule has 0 saturated carbocycles. The monoisotopic (exact) mass is 341 g/mol. The van der Waals surface area contributed by atoms with E-state index in [2.05, 4.69) is 15.6 Å². The summed E-state index contributed by atoms with van der Waals surface area (Å²) in [5.74, 6) is 1.31. The van der Waals surface area contributed by atoms with Crippen LogP contribution < -0.4 is 20.1 Å². The van der Waals surface area contributed by atoms with Crippen molar-refractivity contribution in [2.45, 2.75) is 13.3 Å². The summed E-state index contributed by atoms with van der Waals surface area (Å²) in [6, 6.07) is 7.69. The number of amides is 1. The fourth-order valence-electron chi connectivity index (χ4n) is 2.92. The number of hydrogen-bond donors (Lipinski definition) is 2. The number of aromatic nitrogens is 1. The molecule has 1 aliphatic rings. The molecule has 2 heterocycles. The van der Waals surface area contributed by atoms with E-state index in [1.807, 2.05) is 37.4 Å². The van der Waals surface area contributed by atoms with E-state index in [-0.39, 0.29) is 11.8 Å². The minimum atomic E-state index is -0.178. The number of carbonyl (C=O) groups is 1. The lowest BCUT2D eigenvalue weighted by Crippen LogP contribution is -2.39. The van der Waals surface area contributed by atoms with E-state index in [1.54, 1.807) is 13.3 Å². The average Bonchev–Trinajstić information content (AvgIpc) is 2.65. The van der Waals surface area contributed by atoms with Crippen LogP contribution >= 0.6 is 0 Å². The van der Waals surface area contributed by atoms with Gasteiger partial charge in [0.15, 0.2) is 11.5 Å². The third-order valence-corrected chi connectivity index (χ3v) is 4.31. The first kappa shape index (κ1) is 17.1. The maximum atomic E-state index is 12.4. The molecule has 6 nitrogen and oxygen atoms in total. The number of aryl methyl sites for hydroxylation is 1. The first-order valence-corrected chi connectivity index (χ1v) is 8.40. The molecule has 132 valence electrons. The van der Waals surface area contributed by atoms with Crippen LogP contribution in [0.25, 0.3) is 0 Å². The summed E-state index contributed by atoms with van der Waals surface area (Å²) in [6.07, 6.45) is 4.22. The number of fused-ring (bicyclic) bond motifs is 1. The van der Waals surface area contributed by atoms with Gasteiger partial charge in [0, 0.05) is 31.2 Å². The van der Waals surface area contributed by atoms with E-state index in [4.69, 9.17) is 9.47 Å². The van der Waals surface area contributed by atoms with Crippen molar-refractivity contribution in [3.8, 4) is 11.5 Å². The molecule has 0 fully saturated rings. The Morgan fingerprint density at radius 2 is 2.24 bits per heavy atom. The number of carbonyl (C=O) groups excluding carboxylic acids is 1. The SMILES string of the molecule is COc1cccc2c1OC[C@H](C(=O)NCCNc1ccncc1C)C2. The predicted octanol–water partition coefficient (Wildman–Crippen LogP) is 2.18. The average molecular weight is 341 g/mol. The van der Waals surface area contributed by atoms with Crippen molar-refractivity contribution < 1.29 is 14.3 Å². The Labute approximate surface area is 147 Å². The Kier molecular flexibility index (Phi) is 5.38. The zero-order valence-corrected chi connectivity index (χ0v) is 14.5. The lowest BCUT2D eigenvalue weighted by Gasteiger charge is -2.25. The summed E-state index contributed by atoms with van der Waals surface area (Å²) >= 11 is 0. The van der Waals surface area contributed by atoms with E-state index in [0.717, 1.165) is 22.6 Å². The molecule has 0 unspecified atom stereocenters. The fourth-order valence-corrected chi connectivity index (χ4v) is 2.92. The smallest absolute Gasteiger partial charge is 0.226 e. The van der Waals surface area contributed by atoms with Gasteiger partial charge in [-0.15, -0.1) is 0 Å². The van der Waals surface area contributed by atoms with E-state index < -0.39 is 0 Å². The van der Waals surface area contributed by atoms with Crippen molar-refractivity contribution in [2.24, 2.45) is 5.92 Å². The van der Waals surface area contributed by atoms with Crippen LogP contribution in [-0.4, -0.2) is 37.7 Å². The Morgan fingerprint density at radius 3 is 3.04 bits per heavy atom. The molecule has 1 aromatic heterocycles. The number of nitrogens with zero attached hydrogens (tertiary/aromatic N) is 1. The molecule has 0 spiro atoms. The van der Waals surface area contributed by atoms with Crippen LogP contribution in [0.2, 0.25) is 0 Å². The van der Waals surface area contributed by atoms with Gasteiger partial charge in [0.1, 0.15) is 6.61 Å². The minimum absolute atomic E-state index is 0.0155. The van der Waals surface area contributed by atoms with Crippen molar-refractivity contribution in [2.75, 3.05) is 32.1 Å². The van der Waals surface area contributed by atoms with Gasteiger partial charge in [-0.05, 0) is 36.6 Å². The number of nitrogens with one attached hydrogen (secondary N) is 2. The summed E-state index contributed by atoms with van der Waals surface area (Å²) in [7, 11) is 1.62. The second-order valence-electron chi connectivity index (χ2n) is 6.07. The van der Waals surface area contributed by atoms with Gasteiger partial charge >= 0.3 is 0 Å². The normalized spacial score (nSPS) is 15.7. The summed E-state index contributed by atoms with van der Waals surface area (Å²) in [6.45, 7) is 3.59. The number of para-hydroxylation sites is 1. The zero-order valence-electron chi connectivity index (χ0n) is 14.5. The van der Waals surface area contributed by atoms with Gasteiger partial charge in [-0.25, -0.2) is 0 Å². The largest absolute Gasteiger partial charge is 0.493 e. The molecule has 0 aliphatic carbocycles. The minimum Gasteiger partial charge on any atom is -0.493 e. The standard InChI is InChI=1S/C19H23N3O3/c1-13-11-20-7-6-16(13)21-8-9-22-19(23)15-10-14-4-3-5-17(24-2)18(14)25-12-15/h3-7,11,15H,8-10,12H2,1-2H3,(H,20,21)(H,22,23)/t15-/m1/s1. The van der Waals surface area contributed by atoms with E-state index >= 15 is 0 Å². The van der Waals surface area contributed by atoms with Crippen LogP contribution in [0.1, 0.15) is 11.1 Å². The third-order valence-electron chi connectivity index (χ3n) is 4.31. The Bertz CT molecular complexity index is 748. The summed E-state index contributed by atoms with van der Waals surface area (Å²) in [5, 5.41) is 6.27. The highest BCUT2D eigenvalue weighted by Crippen LogP contribution is 2.35. The number of benzene rings is 1. The zero-order chi connectivity index (χ0) is 17.6. The van der Waals surface area contributed by atoms with Gasteiger partial charge in [0.2, 0.25) is 5.91 Å². The molecular weight excluding hydrogens is 318 g/mol.